The van der Waals surface area contributed by atoms with E-state index in [1.807, 2.05) is 16.8 Å². The summed E-state index contributed by atoms with van der Waals surface area (Å²) in [6.45, 7) is 0.172. The maximum absolute atomic E-state index is 13.5. The van der Waals surface area contributed by atoms with Crippen molar-refractivity contribution in [2.45, 2.75) is 11.9 Å². The van der Waals surface area contributed by atoms with Crippen LogP contribution in [0.2, 0.25) is 0 Å². The fraction of sp³-hybridized carbons (Fsp3) is 0.167. The van der Waals surface area contributed by atoms with Gasteiger partial charge in [0.05, 0.1) is 0 Å². The molecule has 1 aromatic heterocycles. The van der Waals surface area contributed by atoms with Crippen LogP contribution in [0.1, 0.15) is 11.1 Å². The highest BCUT2D eigenvalue weighted by Crippen LogP contribution is 2.25. The largest absolute Gasteiger partial charge is 0.483 e. The molecule has 90 valence electrons. The summed E-state index contributed by atoms with van der Waals surface area (Å²) in [6.07, 6.45) is 0. The second kappa shape index (κ2) is 5.60. The van der Waals surface area contributed by atoms with Gasteiger partial charge in [0.1, 0.15) is 6.61 Å². The maximum atomic E-state index is 13.5. The van der Waals surface area contributed by atoms with Crippen LogP contribution in [0.5, 0.6) is 5.75 Å². The number of rotatable bonds is 4. The van der Waals surface area contributed by atoms with Crippen molar-refractivity contribution in [3.8, 4) is 5.75 Å². The van der Waals surface area contributed by atoms with Crippen LogP contribution >= 0.6 is 27.3 Å². The van der Waals surface area contributed by atoms with Crippen LogP contribution in [0.25, 0.3) is 0 Å². The smallest absolute Gasteiger partial charge is 0.191 e. The minimum Gasteiger partial charge on any atom is -0.483 e. The quantitative estimate of drug-likeness (QED) is 0.754. The van der Waals surface area contributed by atoms with Crippen LogP contribution in [0.3, 0.4) is 0 Å². The van der Waals surface area contributed by atoms with Gasteiger partial charge in [-0.3, -0.25) is 0 Å². The van der Waals surface area contributed by atoms with E-state index < -0.39 is 11.6 Å². The van der Waals surface area contributed by atoms with Gasteiger partial charge in [0.25, 0.3) is 0 Å². The van der Waals surface area contributed by atoms with Crippen LogP contribution in [0.15, 0.2) is 29.0 Å². The van der Waals surface area contributed by atoms with Gasteiger partial charge in [-0.1, -0.05) is 15.9 Å². The Labute approximate surface area is 110 Å². The predicted molar refractivity (Wildman–Crippen MR) is 67.6 cm³/mol. The zero-order valence-corrected chi connectivity index (χ0v) is 11.2. The Kier molecular flexibility index (Phi) is 4.12. The molecule has 0 aliphatic heterocycles. The average Bonchev–Trinajstić information content (AvgIpc) is 2.80. The van der Waals surface area contributed by atoms with Gasteiger partial charge in [-0.15, -0.1) is 0 Å². The first kappa shape index (κ1) is 12.5. The van der Waals surface area contributed by atoms with Gasteiger partial charge >= 0.3 is 0 Å². The molecule has 1 aromatic carbocycles. The standard InChI is InChI=1S/C12H9BrF2OS/c13-5-9-3-10(14)12(11(15)4-9)16-6-8-1-2-17-7-8/h1-4,7H,5-6H2. The van der Waals surface area contributed by atoms with Crippen molar-refractivity contribution in [2.75, 3.05) is 0 Å². The highest BCUT2D eigenvalue weighted by atomic mass is 79.9. The van der Waals surface area contributed by atoms with Crippen LogP contribution in [0, 0.1) is 11.6 Å². The number of halogens is 3. The Morgan fingerprint density at radius 3 is 2.41 bits per heavy atom. The summed E-state index contributed by atoms with van der Waals surface area (Å²) in [5, 5.41) is 4.17. The van der Waals surface area contributed by atoms with Crippen molar-refractivity contribution < 1.29 is 13.5 Å². The van der Waals surface area contributed by atoms with E-state index >= 15 is 0 Å². The molecule has 0 N–H and O–H groups in total. The number of alkyl halides is 1. The highest BCUT2D eigenvalue weighted by Gasteiger charge is 2.12. The first-order chi connectivity index (χ1) is 8.20. The number of hydrogen-bond donors (Lipinski definition) is 0. The number of hydrogen-bond acceptors (Lipinski definition) is 2. The summed E-state index contributed by atoms with van der Waals surface area (Å²) < 4.78 is 32.2. The van der Waals surface area contributed by atoms with Crippen LogP contribution < -0.4 is 4.74 Å². The van der Waals surface area contributed by atoms with Crippen molar-refractivity contribution in [2.24, 2.45) is 0 Å². The van der Waals surface area contributed by atoms with E-state index in [1.54, 1.807) is 0 Å². The van der Waals surface area contributed by atoms with Crippen LogP contribution in [0.4, 0.5) is 8.78 Å². The zero-order chi connectivity index (χ0) is 12.3. The maximum Gasteiger partial charge on any atom is 0.191 e. The van der Waals surface area contributed by atoms with Crippen LogP contribution in [-0.4, -0.2) is 0 Å². The van der Waals surface area contributed by atoms with Gasteiger partial charge in [-0.2, -0.15) is 11.3 Å². The number of thiophene rings is 1. The lowest BCUT2D eigenvalue weighted by Gasteiger charge is -2.08. The normalized spacial score (nSPS) is 10.5. The minimum atomic E-state index is -0.672. The molecular weight excluding hydrogens is 310 g/mol. The first-order valence-corrected chi connectivity index (χ1v) is 6.95. The Morgan fingerprint density at radius 2 is 1.88 bits per heavy atom. The summed E-state index contributed by atoms with van der Waals surface area (Å²) in [7, 11) is 0. The molecule has 0 aliphatic rings. The van der Waals surface area contributed by atoms with Gasteiger partial charge in [-0.05, 0) is 40.1 Å². The molecular formula is C12H9BrF2OS. The Hall–Kier alpha value is -0.940. The monoisotopic (exact) mass is 318 g/mol. The molecule has 2 aromatic rings. The van der Waals surface area contributed by atoms with E-state index in [4.69, 9.17) is 4.74 Å². The summed E-state index contributed by atoms with van der Waals surface area (Å²) in [5.41, 5.74) is 1.45. The Morgan fingerprint density at radius 1 is 1.18 bits per heavy atom. The SMILES string of the molecule is Fc1cc(CBr)cc(F)c1OCc1ccsc1. The van der Waals surface area contributed by atoms with Gasteiger partial charge in [0, 0.05) is 5.33 Å². The molecule has 0 spiro atoms. The fourth-order valence-electron chi connectivity index (χ4n) is 1.36. The molecule has 5 heteroatoms. The highest BCUT2D eigenvalue weighted by molar-refractivity contribution is 9.08. The summed E-state index contributed by atoms with van der Waals surface area (Å²) >= 11 is 4.66. The molecule has 0 atom stereocenters. The van der Waals surface area contributed by atoms with Gasteiger partial charge in [0.2, 0.25) is 0 Å². The zero-order valence-electron chi connectivity index (χ0n) is 8.75. The molecule has 0 amide bonds. The molecule has 0 fully saturated rings. The molecule has 0 saturated heterocycles. The molecule has 0 unspecified atom stereocenters. The summed E-state index contributed by atoms with van der Waals surface area (Å²) in [4.78, 5) is 0. The fourth-order valence-corrected chi connectivity index (χ4v) is 2.33. The molecule has 0 saturated carbocycles. The second-order valence-electron chi connectivity index (χ2n) is 3.44. The molecule has 0 bridgehead atoms. The van der Waals surface area contributed by atoms with E-state index in [2.05, 4.69) is 15.9 Å². The Bertz CT molecular complexity index is 476. The lowest BCUT2D eigenvalue weighted by molar-refractivity contribution is 0.274. The summed E-state index contributed by atoms with van der Waals surface area (Å²) in [6, 6.07) is 4.38. The van der Waals surface area contributed by atoms with E-state index in [0.29, 0.717) is 10.9 Å². The van der Waals surface area contributed by atoms with Crippen molar-refractivity contribution in [1.29, 1.82) is 0 Å². The van der Waals surface area contributed by atoms with Gasteiger partial charge in [0.15, 0.2) is 17.4 Å². The van der Waals surface area contributed by atoms with E-state index in [0.717, 1.165) is 5.56 Å². The van der Waals surface area contributed by atoms with Crippen molar-refractivity contribution >= 4 is 27.3 Å². The Balaban J connectivity index is 2.15. The molecule has 2 rings (SSSR count). The third kappa shape index (κ3) is 3.04. The van der Waals surface area contributed by atoms with E-state index in [-0.39, 0.29) is 12.4 Å². The van der Waals surface area contributed by atoms with E-state index in [9.17, 15) is 8.78 Å². The van der Waals surface area contributed by atoms with Crippen molar-refractivity contribution in [3.05, 3.63) is 51.7 Å². The van der Waals surface area contributed by atoms with Gasteiger partial charge in [-0.25, -0.2) is 8.78 Å². The van der Waals surface area contributed by atoms with Crippen molar-refractivity contribution in [1.82, 2.24) is 0 Å². The second-order valence-corrected chi connectivity index (χ2v) is 4.78. The third-order valence-corrected chi connectivity index (χ3v) is 3.56. The molecule has 1 heterocycles. The third-order valence-electron chi connectivity index (χ3n) is 2.18. The number of ether oxygens (including phenoxy) is 1. The number of benzene rings is 1. The molecule has 0 aliphatic carbocycles. The minimum absolute atomic E-state index is 0.172. The first-order valence-electron chi connectivity index (χ1n) is 4.88. The van der Waals surface area contributed by atoms with Gasteiger partial charge < -0.3 is 4.74 Å². The predicted octanol–water partition coefficient (Wildman–Crippen LogP) is 4.50. The van der Waals surface area contributed by atoms with E-state index in [1.165, 1.54) is 23.5 Å². The molecule has 0 radical (unpaired) electrons. The lowest BCUT2D eigenvalue weighted by Crippen LogP contribution is -2.00. The molecule has 1 nitrogen and oxygen atoms in total. The topological polar surface area (TPSA) is 9.23 Å². The average molecular weight is 319 g/mol. The summed E-state index contributed by atoms with van der Waals surface area (Å²) in [5.74, 6) is -1.66. The van der Waals surface area contributed by atoms with Crippen molar-refractivity contribution in [3.63, 3.8) is 0 Å². The lowest BCUT2D eigenvalue weighted by atomic mass is 10.2. The molecule has 17 heavy (non-hydrogen) atoms. The van der Waals surface area contributed by atoms with Crippen LogP contribution in [-0.2, 0) is 11.9 Å².